The Hall–Kier alpha value is -1.77. The Kier molecular flexibility index (Phi) is 3.25. The summed E-state index contributed by atoms with van der Waals surface area (Å²) in [5, 5.41) is 12.3. The predicted octanol–water partition coefficient (Wildman–Crippen LogP) is 2.30. The molecule has 84 valence electrons. The number of aliphatic hydroxyl groups excluding tert-OH is 1. The van der Waals surface area contributed by atoms with E-state index in [1.807, 2.05) is 30.3 Å². The van der Waals surface area contributed by atoms with E-state index in [9.17, 15) is 9.90 Å². The van der Waals surface area contributed by atoms with Crippen LogP contribution in [0.5, 0.6) is 0 Å². The van der Waals surface area contributed by atoms with Crippen LogP contribution in [-0.4, -0.2) is 11.0 Å². The highest BCUT2D eigenvalue weighted by atomic mass is 16.3. The molecule has 2 rings (SSSR count). The van der Waals surface area contributed by atoms with Gasteiger partial charge in [0.1, 0.15) is 5.76 Å². The zero-order valence-corrected chi connectivity index (χ0v) is 9.07. The Morgan fingerprint density at radius 2 is 2.00 bits per heavy atom. The van der Waals surface area contributed by atoms with Crippen molar-refractivity contribution in [3.8, 4) is 0 Å². The van der Waals surface area contributed by atoms with E-state index in [0.717, 1.165) is 12.0 Å². The van der Waals surface area contributed by atoms with Gasteiger partial charge in [-0.1, -0.05) is 30.3 Å². The van der Waals surface area contributed by atoms with Gasteiger partial charge in [0.05, 0.1) is 5.57 Å². The average Bonchev–Trinajstić information content (AvgIpc) is 2.74. The van der Waals surface area contributed by atoms with Crippen LogP contribution in [0.15, 0.2) is 41.7 Å². The minimum Gasteiger partial charge on any atom is -0.512 e. The van der Waals surface area contributed by atoms with Crippen molar-refractivity contribution in [1.82, 2.24) is 5.32 Å². The van der Waals surface area contributed by atoms with Gasteiger partial charge in [0, 0.05) is 13.0 Å². The molecule has 3 heteroatoms. The van der Waals surface area contributed by atoms with Crippen LogP contribution < -0.4 is 5.32 Å². The second kappa shape index (κ2) is 4.84. The van der Waals surface area contributed by atoms with Crippen molar-refractivity contribution in [3.63, 3.8) is 0 Å². The zero-order chi connectivity index (χ0) is 11.4. The minimum absolute atomic E-state index is 0.140. The molecule has 0 radical (unpaired) electrons. The highest BCUT2D eigenvalue weighted by Gasteiger charge is 2.19. The lowest BCUT2D eigenvalue weighted by molar-refractivity contribution is -0.117. The molecular weight excluding hydrogens is 202 g/mol. The number of rotatable bonds is 3. The summed E-state index contributed by atoms with van der Waals surface area (Å²) in [6.45, 7) is 0.510. The van der Waals surface area contributed by atoms with Crippen molar-refractivity contribution in [2.24, 2.45) is 0 Å². The molecule has 2 N–H and O–H groups in total. The van der Waals surface area contributed by atoms with Crippen LogP contribution in [-0.2, 0) is 11.3 Å². The molecule has 3 nitrogen and oxygen atoms in total. The van der Waals surface area contributed by atoms with Crippen molar-refractivity contribution in [1.29, 1.82) is 0 Å². The third-order valence-electron chi connectivity index (χ3n) is 2.76. The summed E-state index contributed by atoms with van der Waals surface area (Å²) in [5.41, 5.74) is 1.62. The second-order valence-corrected chi connectivity index (χ2v) is 3.95. The highest BCUT2D eigenvalue weighted by Crippen LogP contribution is 2.23. The summed E-state index contributed by atoms with van der Waals surface area (Å²) in [7, 11) is 0. The molecule has 1 amide bonds. The summed E-state index contributed by atoms with van der Waals surface area (Å²) in [5.74, 6) is 0.115. The summed E-state index contributed by atoms with van der Waals surface area (Å²) in [6, 6.07) is 9.74. The summed E-state index contributed by atoms with van der Waals surface area (Å²) >= 11 is 0. The third-order valence-corrected chi connectivity index (χ3v) is 2.76. The van der Waals surface area contributed by atoms with Crippen LogP contribution in [0.4, 0.5) is 0 Å². The SMILES string of the molecule is O=C(NCc1ccccc1)C1=C(O)CCC1. The number of hydrogen-bond donors (Lipinski definition) is 2. The lowest BCUT2D eigenvalue weighted by Crippen LogP contribution is -2.24. The Balaban J connectivity index is 1.92. The lowest BCUT2D eigenvalue weighted by Gasteiger charge is -2.06. The van der Waals surface area contributed by atoms with Crippen molar-refractivity contribution in [3.05, 3.63) is 47.2 Å². The highest BCUT2D eigenvalue weighted by molar-refractivity contribution is 5.94. The van der Waals surface area contributed by atoms with Gasteiger partial charge in [-0.2, -0.15) is 0 Å². The third kappa shape index (κ3) is 2.42. The number of carbonyl (C=O) groups excluding carboxylic acids is 1. The summed E-state index contributed by atoms with van der Waals surface area (Å²) in [6.07, 6.45) is 2.19. The Morgan fingerprint density at radius 1 is 1.25 bits per heavy atom. The van der Waals surface area contributed by atoms with Crippen molar-refractivity contribution < 1.29 is 9.90 Å². The van der Waals surface area contributed by atoms with E-state index in [2.05, 4.69) is 5.32 Å². The Labute approximate surface area is 94.8 Å². The second-order valence-electron chi connectivity index (χ2n) is 3.95. The van der Waals surface area contributed by atoms with Crippen molar-refractivity contribution >= 4 is 5.91 Å². The van der Waals surface area contributed by atoms with E-state index in [0.29, 0.717) is 25.0 Å². The monoisotopic (exact) mass is 217 g/mol. The van der Waals surface area contributed by atoms with E-state index in [4.69, 9.17) is 0 Å². The molecule has 0 fully saturated rings. The fourth-order valence-corrected chi connectivity index (χ4v) is 1.86. The first kappa shape index (κ1) is 10.7. The molecule has 0 bridgehead atoms. The maximum absolute atomic E-state index is 11.7. The fraction of sp³-hybridized carbons (Fsp3) is 0.308. The molecule has 0 heterocycles. The van der Waals surface area contributed by atoms with Gasteiger partial charge in [0.25, 0.3) is 5.91 Å². The van der Waals surface area contributed by atoms with Crippen LogP contribution in [0.3, 0.4) is 0 Å². The molecule has 0 saturated heterocycles. The smallest absolute Gasteiger partial charge is 0.250 e. The maximum atomic E-state index is 11.7. The number of allylic oxidation sites excluding steroid dienone is 1. The fourth-order valence-electron chi connectivity index (χ4n) is 1.86. The van der Waals surface area contributed by atoms with E-state index in [1.165, 1.54) is 0 Å². The predicted molar refractivity (Wildman–Crippen MR) is 61.8 cm³/mol. The Bertz CT molecular complexity index is 409. The molecule has 0 aliphatic heterocycles. The summed E-state index contributed by atoms with van der Waals surface area (Å²) < 4.78 is 0. The van der Waals surface area contributed by atoms with Crippen LogP contribution in [0.1, 0.15) is 24.8 Å². The number of nitrogens with one attached hydrogen (secondary N) is 1. The van der Waals surface area contributed by atoms with Gasteiger partial charge < -0.3 is 10.4 Å². The van der Waals surface area contributed by atoms with Crippen molar-refractivity contribution in [2.45, 2.75) is 25.8 Å². The molecule has 0 saturated carbocycles. The van der Waals surface area contributed by atoms with E-state index in [-0.39, 0.29) is 11.7 Å². The van der Waals surface area contributed by atoms with Gasteiger partial charge in [0.2, 0.25) is 0 Å². The average molecular weight is 217 g/mol. The normalized spacial score (nSPS) is 15.2. The van der Waals surface area contributed by atoms with E-state index >= 15 is 0 Å². The Morgan fingerprint density at radius 3 is 2.62 bits per heavy atom. The number of amides is 1. The zero-order valence-electron chi connectivity index (χ0n) is 9.07. The molecule has 0 spiro atoms. The number of hydrogen-bond acceptors (Lipinski definition) is 2. The molecule has 0 atom stereocenters. The molecule has 1 aromatic rings. The van der Waals surface area contributed by atoms with Gasteiger partial charge in [0.15, 0.2) is 0 Å². The quantitative estimate of drug-likeness (QED) is 0.816. The largest absolute Gasteiger partial charge is 0.512 e. The first-order valence-electron chi connectivity index (χ1n) is 5.50. The van der Waals surface area contributed by atoms with Gasteiger partial charge in [-0.25, -0.2) is 0 Å². The van der Waals surface area contributed by atoms with Crippen LogP contribution >= 0.6 is 0 Å². The molecule has 0 unspecified atom stereocenters. The van der Waals surface area contributed by atoms with Crippen LogP contribution in [0.2, 0.25) is 0 Å². The summed E-state index contributed by atoms with van der Waals surface area (Å²) in [4.78, 5) is 11.7. The molecule has 0 aromatic heterocycles. The number of aliphatic hydroxyl groups is 1. The molecular formula is C13H15NO2. The molecule has 16 heavy (non-hydrogen) atoms. The van der Waals surface area contributed by atoms with Gasteiger partial charge in [-0.05, 0) is 18.4 Å². The van der Waals surface area contributed by atoms with Crippen molar-refractivity contribution in [2.75, 3.05) is 0 Å². The van der Waals surface area contributed by atoms with Gasteiger partial charge >= 0.3 is 0 Å². The lowest BCUT2D eigenvalue weighted by atomic mass is 10.2. The molecule has 1 aromatic carbocycles. The van der Waals surface area contributed by atoms with Crippen LogP contribution in [0, 0.1) is 0 Å². The molecule has 1 aliphatic rings. The number of benzene rings is 1. The first-order valence-corrected chi connectivity index (χ1v) is 5.50. The first-order chi connectivity index (χ1) is 7.77. The van der Waals surface area contributed by atoms with Gasteiger partial charge in [-0.15, -0.1) is 0 Å². The van der Waals surface area contributed by atoms with Gasteiger partial charge in [-0.3, -0.25) is 4.79 Å². The van der Waals surface area contributed by atoms with E-state index < -0.39 is 0 Å². The molecule has 1 aliphatic carbocycles. The maximum Gasteiger partial charge on any atom is 0.250 e. The van der Waals surface area contributed by atoms with Crippen LogP contribution in [0.25, 0.3) is 0 Å². The minimum atomic E-state index is -0.140. The number of carbonyl (C=O) groups is 1. The standard InChI is InChI=1S/C13H15NO2/c15-12-8-4-7-11(12)13(16)14-9-10-5-2-1-3-6-10/h1-3,5-6,15H,4,7-9H2,(H,14,16). The topological polar surface area (TPSA) is 49.3 Å². The van der Waals surface area contributed by atoms with E-state index in [1.54, 1.807) is 0 Å².